The second-order valence-electron chi connectivity index (χ2n) is 13.2. The van der Waals surface area contributed by atoms with Crippen LogP contribution in [0, 0.1) is 17.8 Å². The number of nitrogens with zero attached hydrogens (tertiary/aromatic N) is 1. The maximum absolute atomic E-state index is 13.9. The number of carbonyl (C=O) groups excluding carboxylic acids is 2. The number of ether oxygens (including phenoxy) is 1. The van der Waals surface area contributed by atoms with Crippen molar-refractivity contribution in [1.29, 1.82) is 0 Å². The van der Waals surface area contributed by atoms with E-state index in [9.17, 15) is 41.0 Å². The van der Waals surface area contributed by atoms with Crippen LogP contribution in [0.25, 0.3) is 16.8 Å². The first kappa shape index (κ1) is 34.7. The molecule has 2 amide bonds. The van der Waals surface area contributed by atoms with Crippen LogP contribution in [0.4, 0.5) is 32.0 Å². The average molecular weight is 686 g/mol. The van der Waals surface area contributed by atoms with Gasteiger partial charge in [-0.05, 0) is 72.9 Å². The largest absolute Gasteiger partial charge is 0.507 e. The van der Waals surface area contributed by atoms with E-state index in [0.29, 0.717) is 36.3 Å². The van der Waals surface area contributed by atoms with E-state index >= 15 is 0 Å². The Kier molecular flexibility index (Phi) is 9.43. The smallest absolute Gasteiger partial charge is 0.416 e. The van der Waals surface area contributed by atoms with E-state index in [1.807, 2.05) is 37.3 Å². The second-order valence-corrected chi connectivity index (χ2v) is 13.2. The van der Waals surface area contributed by atoms with Gasteiger partial charge in [0.2, 0.25) is 11.8 Å². The predicted molar refractivity (Wildman–Crippen MR) is 173 cm³/mol. The molecule has 1 aliphatic carbocycles. The number of alkyl halides is 6. The van der Waals surface area contributed by atoms with Crippen molar-refractivity contribution in [3.8, 4) is 5.75 Å². The number of amides is 2. The number of hydrogen-bond donors (Lipinski definition) is 1. The number of allylic oxidation sites excluding steroid dienone is 2. The maximum atomic E-state index is 13.9. The molecule has 2 aliphatic heterocycles. The standard InChI is InChI=1S/C38H37F6NO4/c1-3-7-21(15-22-12-13-31(46)28-10-6-5-9-27(22)28)11-14-32-33-23(8-4-2)16-29-34(30(33)20-49-32)36(48)45(35(29)47)26-18-24(37(39,40)41)17-25(19-26)38(42,43)44/h5-6,9-10,12-13,15,17-19,29-30,32,34,46H,3-4,7-8,11,14,16,20H2,1-2H3/b21-15+/t29-,30+,32-,34-/m1/s1. The molecule has 49 heavy (non-hydrogen) atoms. The Morgan fingerprint density at radius 2 is 1.55 bits per heavy atom. The molecule has 0 bridgehead atoms. The molecule has 3 aromatic rings. The van der Waals surface area contributed by atoms with Crippen molar-refractivity contribution in [2.24, 2.45) is 17.8 Å². The minimum absolute atomic E-state index is 0.0125. The summed E-state index contributed by atoms with van der Waals surface area (Å²) in [7, 11) is 0. The van der Waals surface area contributed by atoms with Crippen LogP contribution in [0.2, 0.25) is 0 Å². The molecule has 1 N–H and O–H groups in total. The molecular weight excluding hydrogens is 648 g/mol. The lowest BCUT2D eigenvalue weighted by molar-refractivity contribution is -0.143. The minimum Gasteiger partial charge on any atom is -0.507 e. The lowest BCUT2D eigenvalue weighted by Gasteiger charge is -2.32. The highest BCUT2D eigenvalue weighted by molar-refractivity contribution is 6.22. The molecule has 6 rings (SSSR count). The van der Waals surface area contributed by atoms with Gasteiger partial charge in [0.15, 0.2) is 0 Å². The monoisotopic (exact) mass is 685 g/mol. The fourth-order valence-corrected chi connectivity index (χ4v) is 7.89. The number of phenols is 1. The minimum atomic E-state index is -5.12. The third-order valence-electron chi connectivity index (χ3n) is 9.98. The van der Waals surface area contributed by atoms with Crippen molar-refractivity contribution in [2.45, 2.75) is 77.2 Å². The second kappa shape index (κ2) is 13.3. The molecule has 0 saturated carbocycles. The molecule has 0 aromatic heterocycles. The van der Waals surface area contributed by atoms with Crippen LogP contribution in [-0.4, -0.2) is 29.6 Å². The third-order valence-corrected chi connectivity index (χ3v) is 9.98. The van der Waals surface area contributed by atoms with Gasteiger partial charge in [0.05, 0.1) is 41.4 Å². The highest BCUT2D eigenvalue weighted by Gasteiger charge is 2.57. The number of imide groups is 1. The Hall–Kier alpha value is -4.12. The normalized spacial score (nSPS) is 23.1. The Morgan fingerprint density at radius 3 is 2.18 bits per heavy atom. The van der Waals surface area contributed by atoms with Crippen LogP contribution in [0.5, 0.6) is 5.75 Å². The van der Waals surface area contributed by atoms with Gasteiger partial charge in [-0.15, -0.1) is 0 Å². The van der Waals surface area contributed by atoms with Crippen LogP contribution in [0.15, 0.2) is 71.3 Å². The van der Waals surface area contributed by atoms with E-state index in [2.05, 4.69) is 13.0 Å². The first-order valence-corrected chi connectivity index (χ1v) is 16.6. The fraction of sp³-hybridized carbons (Fsp3) is 0.421. The van der Waals surface area contributed by atoms with Crippen molar-refractivity contribution >= 4 is 34.4 Å². The zero-order chi connectivity index (χ0) is 35.2. The molecule has 0 radical (unpaired) electrons. The van der Waals surface area contributed by atoms with E-state index in [1.54, 1.807) is 6.07 Å². The lowest BCUT2D eigenvalue weighted by atomic mass is 9.68. The van der Waals surface area contributed by atoms with E-state index in [-0.39, 0.29) is 30.9 Å². The summed E-state index contributed by atoms with van der Waals surface area (Å²) in [5.41, 5.74) is 0.183. The summed E-state index contributed by atoms with van der Waals surface area (Å²) in [6.07, 6.45) is -3.84. The van der Waals surface area contributed by atoms with Crippen molar-refractivity contribution < 1.29 is 45.8 Å². The SMILES string of the molecule is CCCC1=C2[C@@H](CC/C(=C/c3ccc(O)c4ccccc34)CCC)OC[C@@H]2[C@@H]2C(=O)N(c3cc(C(F)(F)F)cc(C(F)(F)F)c3)C(=O)[C@@H]2C1. The number of halogens is 6. The predicted octanol–water partition coefficient (Wildman–Crippen LogP) is 9.87. The molecular formula is C38H37F6NO4. The first-order chi connectivity index (χ1) is 23.2. The number of carbonyl (C=O) groups is 2. The van der Waals surface area contributed by atoms with E-state index in [1.165, 1.54) is 5.57 Å². The maximum Gasteiger partial charge on any atom is 0.416 e. The Morgan fingerprint density at radius 1 is 0.878 bits per heavy atom. The molecule has 0 unspecified atom stereocenters. The summed E-state index contributed by atoms with van der Waals surface area (Å²) in [6, 6.07) is 12.0. The van der Waals surface area contributed by atoms with Crippen molar-refractivity contribution in [1.82, 2.24) is 0 Å². The Labute approximate surface area is 280 Å². The molecule has 3 aromatic carbocycles. The molecule has 11 heteroatoms. The number of hydrogen-bond acceptors (Lipinski definition) is 4. The lowest BCUT2D eigenvalue weighted by Crippen LogP contribution is -2.34. The topological polar surface area (TPSA) is 66.8 Å². The number of rotatable bonds is 9. The van der Waals surface area contributed by atoms with Gasteiger partial charge >= 0.3 is 12.4 Å². The fourth-order valence-electron chi connectivity index (χ4n) is 7.89. The third kappa shape index (κ3) is 6.61. The summed E-state index contributed by atoms with van der Waals surface area (Å²) in [4.78, 5) is 28.2. The van der Waals surface area contributed by atoms with Gasteiger partial charge < -0.3 is 9.84 Å². The van der Waals surface area contributed by atoms with Gasteiger partial charge in [0.25, 0.3) is 0 Å². The Bertz CT molecular complexity index is 1810. The number of aromatic hydroxyl groups is 1. The summed E-state index contributed by atoms with van der Waals surface area (Å²) in [6.45, 7) is 4.20. The number of fused-ring (bicyclic) bond motifs is 4. The van der Waals surface area contributed by atoms with Gasteiger partial charge in [-0.1, -0.05) is 74.2 Å². The van der Waals surface area contributed by atoms with Crippen molar-refractivity contribution in [2.75, 3.05) is 11.5 Å². The molecule has 3 aliphatic rings. The number of benzene rings is 3. The van der Waals surface area contributed by atoms with E-state index in [0.717, 1.165) is 46.7 Å². The summed E-state index contributed by atoms with van der Waals surface area (Å²) in [5, 5.41) is 12.0. The summed E-state index contributed by atoms with van der Waals surface area (Å²) < 4.78 is 88.3. The van der Waals surface area contributed by atoms with Gasteiger partial charge in [0.1, 0.15) is 5.75 Å². The van der Waals surface area contributed by atoms with Gasteiger partial charge in [0, 0.05) is 11.3 Å². The van der Waals surface area contributed by atoms with Crippen molar-refractivity contribution in [3.63, 3.8) is 0 Å². The quantitative estimate of drug-likeness (QED) is 0.138. The highest BCUT2D eigenvalue weighted by atomic mass is 19.4. The van der Waals surface area contributed by atoms with E-state index < -0.39 is 58.7 Å². The van der Waals surface area contributed by atoms with Crippen LogP contribution < -0.4 is 4.90 Å². The van der Waals surface area contributed by atoms with Crippen molar-refractivity contribution in [3.05, 3.63) is 88.0 Å². The molecule has 0 spiro atoms. The van der Waals surface area contributed by atoms with Crippen LogP contribution in [0.1, 0.15) is 75.5 Å². The number of phenolic OH excluding ortho intramolecular Hbond substituents is 1. The molecule has 2 fully saturated rings. The first-order valence-electron chi connectivity index (χ1n) is 16.6. The average Bonchev–Trinajstić information content (AvgIpc) is 3.58. The number of anilines is 1. The molecule has 4 atom stereocenters. The summed E-state index contributed by atoms with van der Waals surface area (Å²) >= 11 is 0. The van der Waals surface area contributed by atoms with Gasteiger partial charge in [-0.2, -0.15) is 26.3 Å². The highest BCUT2D eigenvalue weighted by Crippen LogP contribution is 2.52. The van der Waals surface area contributed by atoms with Crippen LogP contribution in [-0.2, 0) is 26.7 Å². The Balaban J connectivity index is 1.29. The molecule has 5 nitrogen and oxygen atoms in total. The van der Waals surface area contributed by atoms with Crippen LogP contribution >= 0.6 is 0 Å². The van der Waals surface area contributed by atoms with Crippen LogP contribution in [0.3, 0.4) is 0 Å². The zero-order valence-electron chi connectivity index (χ0n) is 27.1. The molecule has 2 saturated heterocycles. The molecule has 2 heterocycles. The summed E-state index contributed by atoms with van der Waals surface area (Å²) in [5.74, 6) is -3.71. The zero-order valence-corrected chi connectivity index (χ0v) is 27.1. The van der Waals surface area contributed by atoms with E-state index in [4.69, 9.17) is 4.74 Å². The molecule has 260 valence electrons. The van der Waals surface area contributed by atoms with Gasteiger partial charge in [-0.25, -0.2) is 4.90 Å². The van der Waals surface area contributed by atoms with Gasteiger partial charge in [-0.3, -0.25) is 9.59 Å².